The summed E-state index contributed by atoms with van der Waals surface area (Å²) in [6.45, 7) is 2.63. The van der Waals surface area contributed by atoms with E-state index in [-0.39, 0.29) is 5.91 Å². The van der Waals surface area contributed by atoms with Crippen LogP contribution in [0.5, 0.6) is 5.75 Å². The molecule has 7 nitrogen and oxygen atoms in total. The maximum atomic E-state index is 12.9. The Kier molecular flexibility index (Phi) is 6.28. The van der Waals surface area contributed by atoms with E-state index in [0.717, 1.165) is 28.3 Å². The standard InChI is InChI=1S/C25H25N5O2/c1-17-15-30(2)24(28-17)19-6-7-20(14-26)23(13-19)29-25(31)18-8-10-22(11-9-18)32-16-21-5-3-4-12-27-21/h3-13,15H,14,16,26H2,1-2H3,(H,29,31). The number of nitrogens with zero attached hydrogens (tertiary/aromatic N) is 3. The molecule has 0 spiro atoms. The first-order valence-corrected chi connectivity index (χ1v) is 10.3. The Hall–Kier alpha value is -3.97. The molecule has 4 rings (SSSR count). The molecule has 0 fully saturated rings. The highest BCUT2D eigenvalue weighted by Gasteiger charge is 2.13. The van der Waals surface area contributed by atoms with Gasteiger partial charge in [-0.05, 0) is 55.0 Å². The lowest BCUT2D eigenvalue weighted by Gasteiger charge is -2.13. The van der Waals surface area contributed by atoms with Crippen molar-refractivity contribution in [1.29, 1.82) is 0 Å². The van der Waals surface area contributed by atoms with E-state index >= 15 is 0 Å². The summed E-state index contributed by atoms with van der Waals surface area (Å²) >= 11 is 0. The molecule has 2 aromatic carbocycles. The van der Waals surface area contributed by atoms with Gasteiger partial charge in [0.25, 0.3) is 5.91 Å². The molecule has 0 aliphatic carbocycles. The van der Waals surface area contributed by atoms with Crippen molar-refractivity contribution >= 4 is 11.6 Å². The maximum absolute atomic E-state index is 12.9. The largest absolute Gasteiger partial charge is 0.487 e. The number of carbonyl (C=O) groups excluding carboxylic acids is 1. The fourth-order valence-electron chi connectivity index (χ4n) is 3.43. The number of nitrogens with two attached hydrogens (primary N) is 1. The molecule has 32 heavy (non-hydrogen) atoms. The van der Waals surface area contributed by atoms with Crippen LogP contribution in [-0.2, 0) is 20.2 Å². The van der Waals surface area contributed by atoms with Crippen LogP contribution in [0.2, 0.25) is 0 Å². The van der Waals surface area contributed by atoms with E-state index < -0.39 is 0 Å². The number of imidazole rings is 1. The molecular formula is C25H25N5O2. The number of benzene rings is 2. The second kappa shape index (κ2) is 9.45. The predicted molar refractivity (Wildman–Crippen MR) is 124 cm³/mol. The molecule has 3 N–H and O–H groups in total. The Bertz CT molecular complexity index is 1220. The van der Waals surface area contributed by atoms with Crippen LogP contribution in [0.3, 0.4) is 0 Å². The molecule has 162 valence electrons. The second-order valence-corrected chi connectivity index (χ2v) is 7.48. The number of ether oxygens (including phenoxy) is 1. The molecule has 0 saturated heterocycles. The third-order valence-electron chi connectivity index (χ3n) is 5.06. The SMILES string of the molecule is Cc1cn(C)c(-c2ccc(CN)c(NC(=O)c3ccc(OCc4ccccn4)cc3)c2)n1. The van der Waals surface area contributed by atoms with Gasteiger partial charge in [-0.2, -0.15) is 0 Å². The zero-order valence-corrected chi connectivity index (χ0v) is 18.1. The Morgan fingerprint density at radius 3 is 2.59 bits per heavy atom. The van der Waals surface area contributed by atoms with Gasteiger partial charge in [0.05, 0.1) is 11.4 Å². The van der Waals surface area contributed by atoms with Crippen LogP contribution in [0.25, 0.3) is 11.4 Å². The van der Waals surface area contributed by atoms with Gasteiger partial charge in [0.2, 0.25) is 0 Å². The smallest absolute Gasteiger partial charge is 0.255 e. The first-order chi connectivity index (χ1) is 15.5. The maximum Gasteiger partial charge on any atom is 0.255 e. The molecule has 2 aromatic heterocycles. The van der Waals surface area contributed by atoms with E-state index in [1.165, 1.54) is 0 Å². The number of aryl methyl sites for hydroxylation is 2. The molecule has 0 saturated carbocycles. The Labute approximate surface area is 186 Å². The average molecular weight is 428 g/mol. The number of anilines is 1. The Morgan fingerprint density at radius 1 is 1.12 bits per heavy atom. The van der Waals surface area contributed by atoms with E-state index in [1.807, 2.05) is 61.1 Å². The van der Waals surface area contributed by atoms with E-state index in [0.29, 0.717) is 30.2 Å². The van der Waals surface area contributed by atoms with Gasteiger partial charge in [0.15, 0.2) is 0 Å². The molecule has 0 atom stereocenters. The third kappa shape index (κ3) is 4.84. The molecule has 4 aromatic rings. The van der Waals surface area contributed by atoms with Gasteiger partial charge in [0.1, 0.15) is 18.2 Å². The number of rotatable bonds is 7. The van der Waals surface area contributed by atoms with Gasteiger partial charge in [0, 0.05) is 42.8 Å². The van der Waals surface area contributed by atoms with Gasteiger partial charge in [-0.15, -0.1) is 0 Å². The van der Waals surface area contributed by atoms with Crippen LogP contribution in [0.1, 0.15) is 27.3 Å². The van der Waals surface area contributed by atoms with Crippen LogP contribution in [-0.4, -0.2) is 20.4 Å². The molecule has 0 bridgehead atoms. The molecule has 7 heteroatoms. The number of pyridine rings is 1. The first-order valence-electron chi connectivity index (χ1n) is 10.3. The predicted octanol–water partition coefficient (Wildman–Crippen LogP) is 4.08. The average Bonchev–Trinajstić information content (AvgIpc) is 3.16. The summed E-state index contributed by atoms with van der Waals surface area (Å²) < 4.78 is 7.70. The van der Waals surface area contributed by atoms with Crippen molar-refractivity contribution in [3.63, 3.8) is 0 Å². The summed E-state index contributed by atoms with van der Waals surface area (Å²) in [5.41, 5.74) is 10.6. The van der Waals surface area contributed by atoms with E-state index in [9.17, 15) is 4.79 Å². The lowest BCUT2D eigenvalue weighted by atomic mass is 10.1. The Balaban J connectivity index is 1.48. The quantitative estimate of drug-likeness (QED) is 0.463. The molecule has 0 unspecified atom stereocenters. The highest BCUT2D eigenvalue weighted by atomic mass is 16.5. The first kappa shape index (κ1) is 21.3. The van der Waals surface area contributed by atoms with Crippen LogP contribution >= 0.6 is 0 Å². The number of aromatic nitrogens is 3. The third-order valence-corrected chi connectivity index (χ3v) is 5.06. The summed E-state index contributed by atoms with van der Waals surface area (Å²) in [4.78, 5) is 21.7. The number of hydrogen-bond acceptors (Lipinski definition) is 5. The summed E-state index contributed by atoms with van der Waals surface area (Å²) in [7, 11) is 1.95. The minimum absolute atomic E-state index is 0.218. The number of nitrogens with one attached hydrogen (secondary N) is 1. The molecule has 1 amide bonds. The van der Waals surface area contributed by atoms with Crippen LogP contribution in [0.15, 0.2) is 73.1 Å². The van der Waals surface area contributed by atoms with E-state index in [2.05, 4.69) is 15.3 Å². The van der Waals surface area contributed by atoms with Crippen LogP contribution in [0, 0.1) is 6.92 Å². The van der Waals surface area contributed by atoms with E-state index in [1.54, 1.807) is 30.5 Å². The molecule has 0 radical (unpaired) electrons. The summed E-state index contributed by atoms with van der Waals surface area (Å²) in [6.07, 6.45) is 3.69. The van der Waals surface area contributed by atoms with Crippen molar-refractivity contribution in [2.24, 2.45) is 12.8 Å². The number of hydrogen-bond donors (Lipinski definition) is 2. The van der Waals surface area contributed by atoms with Gasteiger partial charge >= 0.3 is 0 Å². The van der Waals surface area contributed by atoms with E-state index in [4.69, 9.17) is 10.5 Å². The fourth-order valence-corrected chi connectivity index (χ4v) is 3.43. The Morgan fingerprint density at radius 2 is 1.94 bits per heavy atom. The van der Waals surface area contributed by atoms with Crippen LogP contribution in [0.4, 0.5) is 5.69 Å². The minimum atomic E-state index is -0.218. The number of carbonyl (C=O) groups is 1. The van der Waals surface area contributed by atoms with Crippen molar-refractivity contribution in [2.45, 2.75) is 20.1 Å². The highest BCUT2D eigenvalue weighted by Crippen LogP contribution is 2.26. The zero-order valence-electron chi connectivity index (χ0n) is 18.1. The summed E-state index contributed by atoms with van der Waals surface area (Å²) in [5, 5.41) is 2.98. The molecule has 0 aliphatic heterocycles. The van der Waals surface area contributed by atoms with Gasteiger partial charge < -0.3 is 20.4 Å². The van der Waals surface area contributed by atoms with Crippen molar-refractivity contribution in [1.82, 2.24) is 14.5 Å². The summed E-state index contributed by atoms with van der Waals surface area (Å²) in [5.74, 6) is 1.28. The summed E-state index contributed by atoms with van der Waals surface area (Å²) in [6, 6.07) is 18.5. The molecular weight excluding hydrogens is 402 g/mol. The monoisotopic (exact) mass is 427 g/mol. The number of amides is 1. The zero-order chi connectivity index (χ0) is 22.5. The molecule has 2 heterocycles. The fraction of sp³-hybridized carbons (Fsp3) is 0.160. The normalized spacial score (nSPS) is 10.7. The van der Waals surface area contributed by atoms with Crippen molar-refractivity contribution in [3.8, 4) is 17.1 Å². The van der Waals surface area contributed by atoms with Gasteiger partial charge in [-0.3, -0.25) is 9.78 Å². The van der Waals surface area contributed by atoms with Crippen molar-refractivity contribution in [2.75, 3.05) is 5.32 Å². The second-order valence-electron chi connectivity index (χ2n) is 7.48. The lowest BCUT2D eigenvalue weighted by Crippen LogP contribution is -2.14. The van der Waals surface area contributed by atoms with Gasteiger partial charge in [-0.1, -0.05) is 18.2 Å². The highest BCUT2D eigenvalue weighted by molar-refractivity contribution is 6.05. The van der Waals surface area contributed by atoms with Crippen molar-refractivity contribution < 1.29 is 9.53 Å². The van der Waals surface area contributed by atoms with Gasteiger partial charge in [-0.25, -0.2) is 4.98 Å². The molecule has 0 aliphatic rings. The lowest BCUT2D eigenvalue weighted by molar-refractivity contribution is 0.102. The van der Waals surface area contributed by atoms with Crippen LogP contribution < -0.4 is 15.8 Å². The minimum Gasteiger partial charge on any atom is -0.487 e. The van der Waals surface area contributed by atoms with Crippen molar-refractivity contribution in [3.05, 3.63) is 95.6 Å². The topological polar surface area (TPSA) is 95.1 Å².